The standard InChI is InChI=1S/C15H14N2O2/c16-14(18)9-6-11-10-2-5-17-8-13(10)19-15(3-1-4-15)12(11)7-9/h2,5,7-8H,1,3-4,6H2,(H2,16,18). The fourth-order valence-electron chi connectivity index (χ4n) is 3.25. The maximum Gasteiger partial charge on any atom is 0.244 e. The van der Waals surface area contributed by atoms with E-state index in [1.807, 2.05) is 12.1 Å². The fraction of sp³-hybridized carbons (Fsp3) is 0.333. The van der Waals surface area contributed by atoms with E-state index in [0.717, 1.165) is 36.1 Å². The normalized spacial score (nSPS) is 22.2. The number of nitrogens with zero attached hydrogens (tertiary/aromatic N) is 1. The zero-order valence-corrected chi connectivity index (χ0v) is 10.5. The van der Waals surface area contributed by atoms with Crippen molar-refractivity contribution >= 4 is 11.5 Å². The summed E-state index contributed by atoms with van der Waals surface area (Å²) in [5.74, 6) is 0.500. The molecule has 0 aromatic carbocycles. The van der Waals surface area contributed by atoms with Crippen LogP contribution in [0.2, 0.25) is 0 Å². The Morgan fingerprint density at radius 2 is 2.26 bits per heavy atom. The van der Waals surface area contributed by atoms with Crippen LogP contribution in [0.5, 0.6) is 5.75 Å². The van der Waals surface area contributed by atoms with Crippen LogP contribution in [0.15, 0.2) is 35.7 Å². The molecule has 1 saturated carbocycles. The van der Waals surface area contributed by atoms with Gasteiger partial charge in [-0.05, 0) is 37.0 Å². The topological polar surface area (TPSA) is 65.2 Å². The maximum absolute atomic E-state index is 11.4. The first-order valence-corrected chi connectivity index (χ1v) is 6.57. The lowest BCUT2D eigenvalue weighted by molar-refractivity contribution is -0.114. The maximum atomic E-state index is 11.4. The number of amides is 1. The monoisotopic (exact) mass is 254 g/mol. The average Bonchev–Trinajstić information content (AvgIpc) is 2.81. The van der Waals surface area contributed by atoms with E-state index >= 15 is 0 Å². The van der Waals surface area contributed by atoms with Gasteiger partial charge in [0.15, 0.2) is 0 Å². The summed E-state index contributed by atoms with van der Waals surface area (Å²) in [6.45, 7) is 0. The Morgan fingerprint density at radius 3 is 2.95 bits per heavy atom. The Kier molecular flexibility index (Phi) is 1.97. The van der Waals surface area contributed by atoms with E-state index < -0.39 is 0 Å². The van der Waals surface area contributed by atoms with E-state index in [1.54, 1.807) is 12.4 Å². The van der Waals surface area contributed by atoms with Crippen molar-refractivity contribution in [3.05, 3.63) is 41.2 Å². The van der Waals surface area contributed by atoms with Gasteiger partial charge in [0.25, 0.3) is 0 Å². The fourth-order valence-corrected chi connectivity index (χ4v) is 3.25. The highest BCUT2D eigenvalue weighted by molar-refractivity contribution is 5.99. The molecule has 0 radical (unpaired) electrons. The molecule has 1 fully saturated rings. The number of allylic oxidation sites excluding steroid dienone is 1. The van der Waals surface area contributed by atoms with Gasteiger partial charge in [-0.25, -0.2) is 0 Å². The third-order valence-corrected chi connectivity index (χ3v) is 4.39. The SMILES string of the molecule is NC(=O)C1=CC2=C(C1)c1ccncc1OC21CCC1. The highest BCUT2D eigenvalue weighted by atomic mass is 16.5. The van der Waals surface area contributed by atoms with Crippen molar-refractivity contribution in [2.75, 3.05) is 0 Å². The van der Waals surface area contributed by atoms with Gasteiger partial charge in [-0.15, -0.1) is 0 Å². The predicted octanol–water partition coefficient (Wildman–Crippen LogP) is 1.97. The molecule has 1 spiro atoms. The number of hydrogen-bond acceptors (Lipinski definition) is 3. The molecule has 19 heavy (non-hydrogen) atoms. The van der Waals surface area contributed by atoms with Gasteiger partial charge in [-0.3, -0.25) is 9.78 Å². The van der Waals surface area contributed by atoms with Crippen molar-refractivity contribution in [3.8, 4) is 5.75 Å². The Bertz CT molecular complexity index is 654. The number of carbonyl (C=O) groups is 1. The molecule has 1 aliphatic heterocycles. The van der Waals surface area contributed by atoms with Crippen molar-refractivity contribution < 1.29 is 9.53 Å². The van der Waals surface area contributed by atoms with Crippen LogP contribution in [0.1, 0.15) is 31.2 Å². The van der Waals surface area contributed by atoms with Gasteiger partial charge < -0.3 is 10.5 Å². The van der Waals surface area contributed by atoms with Gasteiger partial charge in [0.05, 0.1) is 6.20 Å². The molecule has 0 unspecified atom stereocenters. The van der Waals surface area contributed by atoms with Crippen molar-refractivity contribution in [3.63, 3.8) is 0 Å². The minimum Gasteiger partial charge on any atom is -0.480 e. The van der Waals surface area contributed by atoms with E-state index in [0.29, 0.717) is 12.0 Å². The van der Waals surface area contributed by atoms with Gasteiger partial charge in [-0.2, -0.15) is 0 Å². The summed E-state index contributed by atoms with van der Waals surface area (Å²) >= 11 is 0. The molecule has 2 aliphatic carbocycles. The molecule has 0 atom stereocenters. The van der Waals surface area contributed by atoms with Gasteiger partial charge >= 0.3 is 0 Å². The van der Waals surface area contributed by atoms with E-state index in [9.17, 15) is 4.79 Å². The smallest absolute Gasteiger partial charge is 0.244 e. The van der Waals surface area contributed by atoms with E-state index in [4.69, 9.17) is 10.5 Å². The summed E-state index contributed by atoms with van der Waals surface area (Å²) < 4.78 is 6.18. The number of fused-ring (bicyclic) bond motifs is 3. The van der Waals surface area contributed by atoms with E-state index in [2.05, 4.69) is 4.98 Å². The van der Waals surface area contributed by atoms with E-state index in [-0.39, 0.29) is 11.5 Å². The summed E-state index contributed by atoms with van der Waals surface area (Å²) in [7, 11) is 0. The van der Waals surface area contributed by atoms with Gasteiger partial charge in [0.1, 0.15) is 11.4 Å². The zero-order chi connectivity index (χ0) is 13.0. The van der Waals surface area contributed by atoms with Crippen LogP contribution in [0, 0.1) is 0 Å². The number of hydrogen-bond donors (Lipinski definition) is 1. The number of carbonyl (C=O) groups excluding carboxylic acids is 1. The lowest BCUT2D eigenvalue weighted by Crippen LogP contribution is -2.46. The molecule has 4 rings (SSSR count). The minimum atomic E-state index is -0.334. The Morgan fingerprint density at radius 1 is 1.42 bits per heavy atom. The number of rotatable bonds is 1. The van der Waals surface area contributed by atoms with Gasteiger partial charge in [0, 0.05) is 29.3 Å². The summed E-state index contributed by atoms with van der Waals surface area (Å²) in [5, 5.41) is 0. The van der Waals surface area contributed by atoms with Crippen LogP contribution in [-0.2, 0) is 4.79 Å². The number of aromatic nitrogens is 1. The zero-order valence-electron chi connectivity index (χ0n) is 10.5. The number of pyridine rings is 1. The molecule has 96 valence electrons. The Labute approximate surface area is 111 Å². The lowest BCUT2D eigenvalue weighted by atomic mass is 9.71. The third kappa shape index (κ3) is 1.34. The highest BCUT2D eigenvalue weighted by Crippen LogP contribution is 2.54. The van der Waals surface area contributed by atoms with Gasteiger partial charge in [0.2, 0.25) is 5.91 Å². The second-order valence-corrected chi connectivity index (χ2v) is 5.42. The average molecular weight is 254 g/mol. The second kappa shape index (κ2) is 3.47. The molecular weight excluding hydrogens is 240 g/mol. The number of ether oxygens (including phenoxy) is 1. The van der Waals surface area contributed by atoms with Crippen molar-refractivity contribution in [1.82, 2.24) is 4.98 Å². The van der Waals surface area contributed by atoms with Crippen molar-refractivity contribution in [1.29, 1.82) is 0 Å². The predicted molar refractivity (Wildman–Crippen MR) is 70.3 cm³/mol. The van der Waals surface area contributed by atoms with Crippen molar-refractivity contribution in [2.45, 2.75) is 31.3 Å². The van der Waals surface area contributed by atoms with Crippen molar-refractivity contribution in [2.24, 2.45) is 5.73 Å². The van der Waals surface area contributed by atoms with Crippen LogP contribution in [0.3, 0.4) is 0 Å². The number of primary amides is 1. The first-order chi connectivity index (χ1) is 9.20. The van der Waals surface area contributed by atoms with Crippen LogP contribution in [-0.4, -0.2) is 16.5 Å². The molecule has 0 saturated heterocycles. The first-order valence-electron chi connectivity index (χ1n) is 6.57. The Hall–Kier alpha value is -2.10. The number of nitrogens with two attached hydrogens (primary N) is 1. The molecule has 3 aliphatic rings. The molecule has 1 amide bonds. The summed E-state index contributed by atoms with van der Waals surface area (Å²) in [4.78, 5) is 15.6. The Balaban J connectivity index is 1.89. The molecule has 2 N–H and O–H groups in total. The summed E-state index contributed by atoms with van der Waals surface area (Å²) in [6.07, 6.45) is 9.25. The molecule has 4 nitrogen and oxygen atoms in total. The van der Waals surface area contributed by atoms with Crippen LogP contribution < -0.4 is 10.5 Å². The summed E-state index contributed by atoms with van der Waals surface area (Å²) in [6, 6.07) is 1.95. The molecule has 4 heteroatoms. The lowest BCUT2D eigenvalue weighted by Gasteiger charge is -2.46. The van der Waals surface area contributed by atoms with Crippen LogP contribution in [0.4, 0.5) is 0 Å². The quantitative estimate of drug-likeness (QED) is 0.833. The van der Waals surface area contributed by atoms with Crippen LogP contribution >= 0.6 is 0 Å². The molecular formula is C15H14N2O2. The largest absolute Gasteiger partial charge is 0.480 e. The molecule has 1 aromatic heterocycles. The highest BCUT2D eigenvalue weighted by Gasteiger charge is 2.48. The summed E-state index contributed by atoms with van der Waals surface area (Å²) in [5.41, 5.74) is 9.29. The van der Waals surface area contributed by atoms with Crippen LogP contribution in [0.25, 0.3) is 5.57 Å². The first kappa shape index (κ1) is 10.8. The van der Waals surface area contributed by atoms with E-state index in [1.165, 1.54) is 5.57 Å². The molecule has 2 heterocycles. The second-order valence-electron chi connectivity index (χ2n) is 5.42. The minimum absolute atomic E-state index is 0.234. The van der Waals surface area contributed by atoms with Gasteiger partial charge in [-0.1, -0.05) is 0 Å². The molecule has 0 bridgehead atoms. The molecule has 1 aromatic rings. The third-order valence-electron chi connectivity index (χ3n) is 4.39.